The number of carbonyl (C=O) groups is 1. The Balaban J connectivity index is 5.01. The molecule has 1 unspecified atom stereocenters. The van der Waals surface area contributed by atoms with Crippen LogP contribution in [0.1, 0.15) is 92.4 Å². The Morgan fingerprint density at radius 1 is 0.957 bits per heavy atom. The second-order valence-corrected chi connectivity index (χ2v) is 11.5. The third-order valence-corrected chi connectivity index (χ3v) is 10.3. The lowest BCUT2D eigenvalue weighted by atomic mass is 10.2. The first-order chi connectivity index (χ1) is 10.9. The van der Waals surface area contributed by atoms with Crippen molar-refractivity contribution in [1.29, 1.82) is 0 Å². The summed E-state index contributed by atoms with van der Waals surface area (Å²) in [6, 6.07) is 2.26. The molecule has 0 aliphatic rings. The van der Waals surface area contributed by atoms with Crippen molar-refractivity contribution >= 4 is 14.3 Å². The summed E-state index contributed by atoms with van der Waals surface area (Å²) in [6.45, 7) is 14.6. The first kappa shape index (κ1) is 22.4. The molecule has 2 nitrogen and oxygen atoms in total. The predicted octanol–water partition coefficient (Wildman–Crippen LogP) is 7.01. The first-order valence-corrected chi connectivity index (χ1v) is 12.2. The minimum atomic E-state index is -2.04. The average Bonchev–Trinajstić information content (AvgIpc) is 2.54. The highest BCUT2D eigenvalue weighted by Gasteiger charge is 2.42. The van der Waals surface area contributed by atoms with Gasteiger partial charge in [0.1, 0.15) is 0 Å². The van der Waals surface area contributed by atoms with Gasteiger partial charge in [0, 0.05) is 5.57 Å². The Kier molecular flexibility index (Phi) is 12.5. The van der Waals surface area contributed by atoms with Crippen LogP contribution in [0.2, 0.25) is 17.6 Å². The van der Waals surface area contributed by atoms with Gasteiger partial charge in [-0.05, 0) is 24.6 Å². The van der Waals surface area contributed by atoms with E-state index in [9.17, 15) is 4.79 Å². The molecule has 0 amide bonds. The van der Waals surface area contributed by atoms with Gasteiger partial charge >= 0.3 is 5.97 Å². The van der Waals surface area contributed by atoms with Crippen LogP contribution in [0.4, 0.5) is 0 Å². The quantitative estimate of drug-likeness (QED) is 0.193. The summed E-state index contributed by atoms with van der Waals surface area (Å²) in [5.74, 6) is -0.150. The zero-order valence-electron chi connectivity index (χ0n) is 16.4. The highest BCUT2D eigenvalue weighted by molar-refractivity contribution is 6.76. The molecule has 0 radical (unpaired) electrons. The Bertz CT molecular complexity index is 327. The third-order valence-electron chi connectivity index (χ3n) is 5.06. The van der Waals surface area contributed by atoms with E-state index in [0.717, 1.165) is 18.5 Å². The molecule has 1 atom stereocenters. The molecule has 0 N–H and O–H groups in total. The fraction of sp³-hybridized carbons (Fsp3) is 0.850. The van der Waals surface area contributed by atoms with Crippen molar-refractivity contribution in [3.05, 3.63) is 12.2 Å². The van der Waals surface area contributed by atoms with Gasteiger partial charge in [-0.15, -0.1) is 0 Å². The summed E-state index contributed by atoms with van der Waals surface area (Å²) >= 11 is 0. The molecule has 0 saturated carbocycles. The maximum Gasteiger partial charge on any atom is 0.319 e. The highest BCUT2D eigenvalue weighted by atomic mass is 28.4. The normalized spacial score (nSPS) is 12.9. The number of unbranched alkanes of at least 4 members (excludes halogenated alkanes) is 6. The predicted molar refractivity (Wildman–Crippen MR) is 104 cm³/mol. The van der Waals surface area contributed by atoms with E-state index in [1.807, 2.05) is 0 Å². The lowest BCUT2D eigenvalue weighted by Crippen LogP contribution is -2.44. The SMILES string of the molecule is C=C(C)C(=O)O[Si](CCCCCC)(CCCCCC)C(C)CC. The second-order valence-electron chi connectivity index (χ2n) is 7.17. The van der Waals surface area contributed by atoms with E-state index in [1.165, 1.54) is 51.4 Å². The van der Waals surface area contributed by atoms with E-state index in [0.29, 0.717) is 11.1 Å². The van der Waals surface area contributed by atoms with Crippen LogP contribution < -0.4 is 0 Å². The van der Waals surface area contributed by atoms with Crippen molar-refractivity contribution in [3.8, 4) is 0 Å². The summed E-state index contributed by atoms with van der Waals surface area (Å²) < 4.78 is 6.21. The molecule has 23 heavy (non-hydrogen) atoms. The number of rotatable bonds is 14. The van der Waals surface area contributed by atoms with Crippen molar-refractivity contribution < 1.29 is 9.22 Å². The smallest absolute Gasteiger partial charge is 0.319 e. The van der Waals surface area contributed by atoms with Crippen LogP contribution >= 0.6 is 0 Å². The Hall–Kier alpha value is -0.573. The topological polar surface area (TPSA) is 26.3 Å². The maximum absolute atomic E-state index is 12.3. The van der Waals surface area contributed by atoms with Crippen molar-refractivity contribution in [1.82, 2.24) is 0 Å². The van der Waals surface area contributed by atoms with Gasteiger partial charge in [-0.25, -0.2) is 4.79 Å². The maximum atomic E-state index is 12.3. The van der Waals surface area contributed by atoms with Crippen LogP contribution in [0.3, 0.4) is 0 Å². The van der Waals surface area contributed by atoms with E-state index in [1.54, 1.807) is 6.92 Å². The van der Waals surface area contributed by atoms with E-state index in [4.69, 9.17) is 4.43 Å². The molecule has 0 rings (SSSR count). The molecule has 0 heterocycles. The third kappa shape index (κ3) is 8.73. The average molecular weight is 341 g/mol. The minimum absolute atomic E-state index is 0.150. The molecule has 0 fully saturated rings. The number of carbonyl (C=O) groups excluding carboxylic acids is 1. The van der Waals surface area contributed by atoms with E-state index >= 15 is 0 Å². The largest absolute Gasteiger partial charge is 0.516 e. The van der Waals surface area contributed by atoms with Crippen molar-refractivity contribution in [2.24, 2.45) is 0 Å². The standard InChI is InChI=1S/C20H40O2Si/c1-7-10-12-14-16-23(19(6)9-3,17-15-13-11-8-2)22-20(21)18(4)5/h19H,4,7-17H2,1-3,5-6H3. The second kappa shape index (κ2) is 12.8. The van der Waals surface area contributed by atoms with Crippen LogP contribution in [-0.4, -0.2) is 14.3 Å². The summed E-state index contributed by atoms with van der Waals surface area (Å²) in [6.07, 6.45) is 11.1. The fourth-order valence-electron chi connectivity index (χ4n) is 3.17. The zero-order chi connectivity index (χ0) is 17.7. The van der Waals surface area contributed by atoms with Crippen LogP contribution in [0, 0.1) is 0 Å². The van der Waals surface area contributed by atoms with Gasteiger partial charge in [0.2, 0.25) is 0 Å². The van der Waals surface area contributed by atoms with Gasteiger partial charge in [-0.2, -0.15) is 0 Å². The molecule has 136 valence electrons. The van der Waals surface area contributed by atoms with Crippen LogP contribution in [0.15, 0.2) is 12.2 Å². The molecule has 0 aliphatic heterocycles. The minimum Gasteiger partial charge on any atom is -0.516 e. The summed E-state index contributed by atoms with van der Waals surface area (Å²) in [5.41, 5.74) is 1.08. The number of hydrogen-bond acceptors (Lipinski definition) is 2. The zero-order valence-corrected chi connectivity index (χ0v) is 17.4. The first-order valence-electron chi connectivity index (χ1n) is 9.82. The van der Waals surface area contributed by atoms with Crippen LogP contribution in [0.5, 0.6) is 0 Å². The lowest BCUT2D eigenvalue weighted by Gasteiger charge is -2.36. The van der Waals surface area contributed by atoms with Gasteiger partial charge in [-0.3, -0.25) is 0 Å². The molecule has 0 aromatic rings. The fourth-order valence-corrected chi connectivity index (χ4v) is 7.79. The number of hydrogen-bond donors (Lipinski definition) is 0. The van der Waals surface area contributed by atoms with E-state index in [-0.39, 0.29) is 5.97 Å². The summed E-state index contributed by atoms with van der Waals surface area (Å²) in [5, 5.41) is 0. The van der Waals surface area contributed by atoms with Gasteiger partial charge in [-0.1, -0.05) is 92.1 Å². The molecule has 3 heteroatoms. The van der Waals surface area contributed by atoms with E-state index < -0.39 is 8.32 Å². The Labute approximate surface area is 146 Å². The van der Waals surface area contributed by atoms with Crippen molar-refractivity contribution in [2.75, 3.05) is 0 Å². The summed E-state index contributed by atoms with van der Waals surface area (Å²) in [7, 11) is -2.04. The van der Waals surface area contributed by atoms with Crippen LogP contribution in [0.25, 0.3) is 0 Å². The van der Waals surface area contributed by atoms with Gasteiger partial charge in [0.25, 0.3) is 8.32 Å². The van der Waals surface area contributed by atoms with Crippen LogP contribution in [-0.2, 0) is 9.22 Å². The monoisotopic (exact) mass is 340 g/mol. The molecule has 0 saturated heterocycles. The van der Waals surface area contributed by atoms with Crippen molar-refractivity contribution in [2.45, 2.75) is 110 Å². The van der Waals surface area contributed by atoms with E-state index in [2.05, 4.69) is 34.3 Å². The Morgan fingerprint density at radius 3 is 1.78 bits per heavy atom. The molecular formula is C20H40O2Si. The molecule has 0 aliphatic carbocycles. The van der Waals surface area contributed by atoms with Gasteiger partial charge in [0.15, 0.2) is 0 Å². The summed E-state index contributed by atoms with van der Waals surface area (Å²) in [4.78, 5) is 12.3. The van der Waals surface area contributed by atoms with Gasteiger partial charge in [0.05, 0.1) is 0 Å². The molecule has 0 aromatic carbocycles. The van der Waals surface area contributed by atoms with Gasteiger partial charge < -0.3 is 4.43 Å². The Morgan fingerprint density at radius 2 is 1.43 bits per heavy atom. The molecule has 0 spiro atoms. The highest BCUT2D eigenvalue weighted by Crippen LogP contribution is 2.37. The molecule has 0 bridgehead atoms. The molecular weight excluding hydrogens is 300 g/mol. The lowest BCUT2D eigenvalue weighted by molar-refractivity contribution is -0.131. The van der Waals surface area contributed by atoms with Crippen molar-refractivity contribution in [3.63, 3.8) is 0 Å². The molecule has 0 aromatic heterocycles.